The summed E-state index contributed by atoms with van der Waals surface area (Å²) in [5.41, 5.74) is 0. The van der Waals surface area contributed by atoms with Gasteiger partial charge in [0.1, 0.15) is 12.9 Å². The highest BCUT2D eigenvalue weighted by atomic mass is 32.2. The van der Waals surface area contributed by atoms with E-state index in [0.717, 1.165) is 0 Å². The van der Waals surface area contributed by atoms with E-state index < -0.39 is 0 Å². The van der Waals surface area contributed by atoms with Crippen LogP contribution in [0, 0.1) is 0 Å². The first-order chi connectivity index (χ1) is 2.91. The molecule has 0 rings (SSSR count). The van der Waals surface area contributed by atoms with Crippen molar-refractivity contribution in [1.29, 1.82) is 0 Å². The molecule has 0 unspecified atom stereocenters. The van der Waals surface area contributed by atoms with Crippen LogP contribution in [-0.4, -0.2) is 17.4 Å². The monoisotopic (exact) mass is 108 g/mol. The molecule has 0 aromatic rings. The molecule has 0 spiro atoms. The van der Waals surface area contributed by atoms with E-state index in [1.807, 2.05) is 0 Å². The second-order valence-electron chi connectivity index (χ2n) is 0.526. The van der Waals surface area contributed by atoms with Crippen LogP contribution in [0.3, 0.4) is 0 Å². The van der Waals surface area contributed by atoms with E-state index in [1.54, 1.807) is 0 Å². The van der Waals surface area contributed by atoms with Gasteiger partial charge in [-0.1, -0.05) is 0 Å². The lowest BCUT2D eigenvalue weighted by atomic mass is 10.9. The molecule has 36 valence electrons. The maximum atomic E-state index is 9.31. The van der Waals surface area contributed by atoms with Crippen LogP contribution in [-0.2, 0) is 8.98 Å². The fraction of sp³-hybridized carbons (Fsp3) is 0.500. The van der Waals surface area contributed by atoms with Crippen molar-refractivity contribution in [2.45, 2.75) is 0 Å². The van der Waals surface area contributed by atoms with Crippen molar-refractivity contribution in [2.75, 3.05) is 6.61 Å². The van der Waals surface area contributed by atoms with Gasteiger partial charge in [-0.3, -0.25) is 4.18 Å². The van der Waals surface area contributed by atoms with E-state index in [1.165, 1.54) is 0 Å². The van der Waals surface area contributed by atoms with Gasteiger partial charge in [0.15, 0.2) is 12.3 Å². The minimum absolute atomic E-state index is 0.0544. The fourth-order valence-corrected chi connectivity index (χ4v) is 0.175. The lowest BCUT2D eigenvalue weighted by Crippen LogP contribution is -1.83. The molecule has 0 fully saturated rings. The van der Waals surface area contributed by atoms with Crippen LogP contribution < -0.4 is 0 Å². The van der Waals surface area contributed by atoms with Crippen molar-refractivity contribution in [2.24, 2.45) is 0 Å². The molecule has 0 saturated heterocycles. The minimum atomic E-state index is -0.0544. The molecular formula is C2H4O3S. The van der Waals surface area contributed by atoms with E-state index in [0.29, 0.717) is 6.29 Å². The third kappa shape index (κ3) is 3.94. The summed E-state index contributed by atoms with van der Waals surface area (Å²) in [5, 5.41) is 0. The molecule has 0 aliphatic carbocycles. The molecule has 0 bridgehead atoms. The normalized spacial score (nSPS) is 8.17. The molecule has 0 radical (unpaired) electrons. The number of rotatable bonds is 3. The molecule has 0 heterocycles. The highest BCUT2D eigenvalue weighted by Gasteiger charge is 1.75. The lowest BCUT2D eigenvalue weighted by molar-refractivity contribution is -0.109. The Morgan fingerprint density at radius 2 is 2.67 bits per heavy atom. The molecule has 0 saturated carbocycles. The van der Waals surface area contributed by atoms with Crippen molar-refractivity contribution >= 4 is 18.6 Å². The average Bonchev–Trinajstić information content (AvgIpc) is 1.61. The van der Waals surface area contributed by atoms with Crippen LogP contribution in [0.1, 0.15) is 0 Å². The van der Waals surface area contributed by atoms with Crippen LogP contribution in [0.25, 0.3) is 0 Å². The van der Waals surface area contributed by atoms with Crippen LogP contribution in [0.4, 0.5) is 0 Å². The number of carbonyl (C=O) groups is 1. The summed E-state index contributed by atoms with van der Waals surface area (Å²) in [6.45, 7) is -0.0544. The molecular weight excluding hydrogens is 104 g/mol. The lowest BCUT2D eigenvalue weighted by Gasteiger charge is -1.81. The van der Waals surface area contributed by atoms with Crippen molar-refractivity contribution in [3.8, 4) is 0 Å². The Bertz CT molecular complexity index is 37.8. The third-order valence-corrected chi connectivity index (χ3v) is 0.430. The van der Waals surface area contributed by atoms with E-state index in [4.69, 9.17) is 4.55 Å². The molecule has 1 N–H and O–H groups in total. The second-order valence-corrected chi connectivity index (χ2v) is 0.910. The molecule has 3 nitrogen and oxygen atoms in total. The third-order valence-electron chi connectivity index (χ3n) is 0.189. The largest absolute Gasteiger partial charge is 0.307 e. The Kier molecular flexibility index (Phi) is 4.89. The first-order valence-electron chi connectivity index (χ1n) is 1.28. The Morgan fingerprint density at radius 1 is 2.00 bits per heavy atom. The van der Waals surface area contributed by atoms with Gasteiger partial charge in [0.05, 0.1) is 0 Å². The summed E-state index contributed by atoms with van der Waals surface area (Å²) >= 11 is 0.195. The van der Waals surface area contributed by atoms with E-state index in [-0.39, 0.29) is 18.9 Å². The zero-order valence-corrected chi connectivity index (χ0v) is 3.77. The summed E-state index contributed by atoms with van der Waals surface area (Å²) in [6.07, 6.45) is 0.559. The summed E-state index contributed by atoms with van der Waals surface area (Å²) < 4.78 is 11.8. The number of carbonyl (C=O) groups excluding carboxylic acids is 1. The Morgan fingerprint density at radius 3 is 2.83 bits per heavy atom. The fourth-order valence-electron chi connectivity index (χ4n) is 0.0582. The first kappa shape index (κ1) is 5.94. The topological polar surface area (TPSA) is 46.5 Å². The molecule has 0 aliphatic rings. The van der Waals surface area contributed by atoms with E-state index in [9.17, 15) is 4.79 Å². The van der Waals surface area contributed by atoms with Gasteiger partial charge in [0.2, 0.25) is 0 Å². The highest BCUT2D eigenvalue weighted by Crippen LogP contribution is 1.88. The Labute approximate surface area is 39.7 Å². The van der Waals surface area contributed by atoms with Crippen molar-refractivity contribution in [3.05, 3.63) is 0 Å². The highest BCUT2D eigenvalue weighted by molar-refractivity contribution is 7.88. The van der Waals surface area contributed by atoms with Crippen molar-refractivity contribution < 1.29 is 13.5 Å². The smallest absolute Gasteiger partial charge is 0.156 e. The Balaban J connectivity index is 2.49. The molecule has 0 aromatic carbocycles. The van der Waals surface area contributed by atoms with Gasteiger partial charge in [0, 0.05) is 0 Å². The quantitative estimate of drug-likeness (QED) is 0.321. The number of aldehydes is 1. The minimum Gasteiger partial charge on any atom is -0.307 e. The molecule has 0 amide bonds. The second kappa shape index (κ2) is 4.94. The molecule has 6 heavy (non-hydrogen) atoms. The van der Waals surface area contributed by atoms with Crippen LogP contribution in [0.2, 0.25) is 0 Å². The van der Waals surface area contributed by atoms with Gasteiger partial charge in [-0.25, -0.2) is 0 Å². The van der Waals surface area contributed by atoms with Gasteiger partial charge in [0.25, 0.3) is 0 Å². The van der Waals surface area contributed by atoms with Crippen molar-refractivity contribution in [3.63, 3.8) is 0 Å². The molecule has 4 heteroatoms. The Hall–Kier alpha value is -0.0600. The standard InChI is InChI=1S/C2H4O3S/c3-1-2-5-6-4/h1,4H,2H2. The maximum absolute atomic E-state index is 9.31. The maximum Gasteiger partial charge on any atom is 0.156 e. The van der Waals surface area contributed by atoms with E-state index in [2.05, 4.69) is 4.18 Å². The number of hydrogen-bond donors (Lipinski definition) is 1. The summed E-state index contributed by atoms with van der Waals surface area (Å²) in [6, 6.07) is 0. The van der Waals surface area contributed by atoms with Gasteiger partial charge >= 0.3 is 0 Å². The molecule has 0 atom stereocenters. The summed E-state index contributed by atoms with van der Waals surface area (Å²) in [4.78, 5) is 9.31. The predicted octanol–water partition coefficient (Wildman–Crippen LogP) is 0.323. The predicted molar refractivity (Wildman–Crippen MR) is 22.2 cm³/mol. The van der Waals surface area contributed by atoms with Gasteiger partial charge < -0.3 is 9.35 Å². The van der Waals surface area contributed by atoms with Gasteiger partial charge in [-0.2, -0.15) is 0 Å². The summed E-state index contributed by atoms with van der Waals surface area (Å²) in [7, 11) is 0. The average molecular weight is 108 g/mol. The van der Waals surface area contributed by atoms with Crippen LogP contribution >= 0.6 is 12.3 Å². The SMILES string of the molecule is O=CCOSO. The van der Waals surface area contributed by atoms with Crippen LogP contribution in [0.15, 0.2) is 0 Å². The summed E-state index contributed by atoms with van der Waals surface area (Å²) in [5.74, 6) is 0. The molecule has 0 aromatic heterocycles. The molecule has 0 aliphatic heterocycles. The zero-order chi connectivity index (χ0) is 4.83. The number of hydrogen-bond acceptors (Lipinski definition) is 4. The van der Waals surface area contributed by atoms with Crippen LogP contribution in [0.5, 0.6) is 0 Å². The van der Waals surface area contributed by atoms with E-state index >= 15 is 0 Å². The van der Waals surface area contributed by atoms with Gasteiger partial charge in [-0.15, -0.1) is 0 Å². The van der Waals surface area contributed by atoms with Gasteiger partial charge in [-0.05, 0) is 0 Å². The zero-order valence-electron chi connectivity index (χ0n) is 2.96. The van der Waals surface area contributed by atoms with Crippen molar-refractivity contribution in [1.82, 2.24) is 0 Å². The first-order valence-corrected chi connectivity index (χ1v) is 1.98.